The van der Waals surface area contributed by atoms with Crippen LogP contribution in [0.2, 0.25) is 5.02 Å². The van der Waals surface area contributed by atoms with Gasteiger partial charge < -0.3 is 4.74 Å². The van der Waals surface area contributed by atoms with Crippen LogP contribution in [0.4, 0.5) is 4.39 Å². The highest BCUT2D eigenvalue weighted by atomic mass is 35.5. The molecule has 2 rings (SSSR count). The maximum atomic E-state index is 13.0. The third-order valence-corrected chi connectivity index (χ3v) is 2.82. The van der Waals surface area contributed by atoms with Crippen LogP contribution < -0.4 is 4.74 Å². The number of ether oxygens (including phenoxy) is 1. The summed E-state index contributed by atoms with van der Waals surface area (Å²) in [5, 5.41) is 9.25. The number of aromatic nitrogens is 1. The average molecular weight is 277 g/mol. The summed E-state index contributed by atoms with van der Waals surface area (Å²) in [6, 6.07) is 7.60. The number of hydrogen-bond donors (Lipinski definition) is 0. The molecule has 0 bridgehead atoms. The summed E-state index contributed by atoms with van der Waals surface area (Å²) in [6.45, 7) is 3.60. The van der Waals surface area contributed by atoms with Crippen molar-refractivity contribution in [3.05, 3.63) is 51.9 Å². The Balaban J connectivity index is 2.46. The van der Waals surface area contributed by atoms with Gasteiger partial charge in [-0.1, -0.05) is 11.6 Å². The molecule has 0 fully saturated rings. The molecule has 1 aromatic heterocycles. The van der Waals surface area contributed by atoms with Crippen molar-refractivity contribution in [2.45, 2.75) is 13.8 Å². The van der Waals surface area contributed by atoms with Crippen LogP contribution in [0.1, 0.15) is 16.8 Å². The summed E-state index contributed by atoms with van der Waals surface area (Å²) in [7, 11) is 0. The number of nitrogens with zero attached hydrogens (tertiary/aromatic N) is 2. The molecule has 0 N–H and O–H groups in total. The van der Waals surface area contributed by atoms with E-state index in [9.17, 15) is 4.39 Å². The van der Waals surface area contributed by atoms with Crippen molar-refractivity contribution in [1.29, 1.82) is 5.26 Å². The highest BCUT2D eigenvalue weighted by Gasteiger charge is 2.12. The van der Waals surface area contributed by atoms with Gasteiger partial charge in [-0.2, -0.15) is 5.26 Å². The quantitative estimate of drug-likeness (QED) is 0.827. The fourth-order valence-electron chi connectivity index (χ4n) is 1.67. The Morgan fingerprint density at radius 2 is 2.05 bits per heavy atom. The number of rotatable bonds is 2. The van der Waals surface area contributed by atoms with Crippen LogP contribution in [0.25, 0.3) is 0 Å². The van der Waals surface area contributed by atoms with E-state index >= 15 is 0 Å². The highest BCUT2D eigenvalue weighted by molar-refractivity contribution is 6.32. The van der Waals surface area contributed by atoms with E-state index in [0.717, 1.165) is 17.3 Å². The van der Waals surface area contributed by atoms with Crippen molar-refractivity contribution in [1.82, 2.24) is 4.98 Å². The van der Waals surface area contributed by atoms with Gasteiger partial charge in [0.2, 0.25) is 5.88 Å². The predicted molar refractivity (Wildman–Crippen MR) is 69.9 cm³/mol. The van der Waals surface area contributed by atoms with Gasteiger partial charge in [-0.05, 0) is 43.7 Å². The second-order valence-electron chi connectivity index (χ2n) is 4.05. The fraction of sp³-hybridized carbons (Fsp3) is 0.143. The van der Waals surface area contributed by atoms with E-state index < -0.39 is 5.82 Å². The number of halogens is 2. The molecule has 19 heavy (non-hydrogen) atoms. The maximum absolute atomic E-state index is 13.0. The number of nitriles is 1. The second-order valence-corrected chi connectivity index (χ2v) is 4.46. The smallest absolute Gasteiger partial charge is 0.237 e. The molecule has 0 atom stereocenters. The van der Waals surface area contributed by atoms with Crippen LogP contribution in [0.3, 0.4) is 0 Å². The minimum atomic E-state index is -0.453. The van der Waals surface area contributed by atoms with Crippen molar-refractivity contribution in [2.75, 3.05) is 0 Å². The summed E-state index contributed by atoms with van der Waals surface area (Å²) in [5.74, 6) is -0.0168. The van der Waals surface area contributed by atoms with Gasteiger partial charge in [-0.25, -0.2) is 9.37 Å². The summed E-state index contributed by atoms with van der Waals surface area (Å²) in [4.78, 5) is 4.17. The van der Waals surface area contributed by atoms with Crippen molar-refractivity contribution >= 4 is 11.6 Å². The molecule has 0 aliphatic heterocycles. The molecule has 96 valence electrons. The van der Waals surface area contributed by atoms with Crippen molar-refractivity contribution in [2.24, 2.45) is 0 Å². The molecule has 2 aromatic rings. The Morgan fingerprint density at radius 1 is 1.32 bits per heavy atom. The first-order chi connectivity index (χ1) is 9.01. The van der Waals surface area contributed by atoms with E-state index in [1.54, 1.807) is 19.9 Å². The Morgan fingerprint density at radius 3 is 2.68 bits per heavy atom. The Labute approximate surface area is 115 Å². The maximum Gasteiger partial charge on any atom is 0.237 e. The minimum absolute atomic E-state index is 0.129. The number of pyridine rings is 1. The topological polar surface area (TPSA) is 45.9 Å². The first-order valence-electron chi connectivity index (χ1n) is 5.52. The third kappa shape index (κ3) is 2.83. The molecule has 0 saturated heterocycles. The van der Waals surface area contributed by atoms with Gasteiger partial charge in [0.15, 0.2) is 0 Å². The van der Waals surface area contributed by atoms with E-state index in [0.29, 0.717) is 5.56 Å². The summed E-state index contributed by atoms with van der Waals surface area (Å²) >= 11 is 5.88. The van der Waals surface area contributed by atoms with Gasteiger partial charge in [-0.15, -0.1) is 0 Å². The average Bonchev–Trinajstić information content (AvgIpc) is 2.32. The van der Waals surface area contributed by atoms with Gasteiger partial charge in [0.25, 0.3) is 0 Å². The Kier molecular flexibility index (Phi) is 3.68. The van der Waals surface area contributed by atoms with Crippen molar-refractivity contribution < 1.29 is 9.13 Å². The minimum Gasteiger partial charge on any atom is -0.436 e. The zero-order chi connectivity index (χ0) is 14.0. The lowest BCUT2D eigenvalue weighted by Gasteiger charge is -2.10. The molecule has 0 saturated carbocycles. The van der Waals surface area contributed by atoms with Gasteiger partial charge in [0.1, 0.15) is 23.2 Å². The van der Waals surface area contributed by atoms with Gasteiger partial charge in [-0.3, -0.25) is 0 Å². The SMILES string of the molecule is Cc1cc(C)c(C#N)c(Oc2ccc(F)cc2Cl)n1. The molecule has 1 aromatic carbocycles. The first kappa shape index (κ1) is 13.3. The third-order valence-electron chi connectivity index (χ3n) is 2.52. The Hall–Kier alpha value is -2.12. The lowest BCUT2D eigenvalue weighted by molar-refractivity contribution is 0.458. The molecule has 0 radical (unpaired) electrons. The zero-order valence-corrected chi connectivity index (χ0v) is 11.1. The van der Waals surface area contributed by atoms with E-state index in [2.05, 4.69) is 4.98 Å². The van der Waals surface area contributed by atoms with E-state index in [1.807, 2.05) is 6.07 Å². The lowest BCUT2D eigenvalue weighted by atomic mass is 10.1. The molecule has 0 aliphatic carbocycles. The van der Waals surface area contributed by atoms with Gasteiger partial charge in [0.05, 0.1) is 5.02 Å². The first-order valence-corrected chi connectivity index (χ1v) is 5.90. The van der Waals surface area contributed by atoms with Crippen LogP contribution in [0.15, 0.2) is 24.3 Å². The zero-order valence-electron chi connectivity index (χ0n) is 10.4. The van der Waals surface area contributed by atoms with Crippen LogP contribution in [0.5, 0.6) is 11.6 Å². The van der Waals surface area contributed by atoms with Crippen molar-refractivity contribution in [3.63, 3.8) is 0 Å². The van der Waals surface area contributed by atoms with Gasteiger partial charge >= 0.3 is 0 Å². The largest absolute Gasteiger partial charge is 0.436 e. The van der Waals surface area contributed by atoms with Crippen LogP contribution in [-0.4, -0.2) is 4.98 Å². The molecular weight excluding hydrogens is 267 g/mol. The number of benzene rings is 1. The molecule has 3 nitrogen and oxygen atoms in total. The van der Waals surface area contributed by atoms with Crippen LogP contribution in [0, 0.1) is 31.0 Å². The molecule has 0 unspecified atom stereocenters. The summed E-state index contributed by atoms with van der Waals surface area (Å²) in [6.07, 6.45) is 0. The molecular formula is C14H10ClFN2O. The monoisotopic (exact) mass is 276 g/mol. The molecule has 5 heteroatoms. The number of aryl methyl sites for hydroxylation is 2. The number of hydrogen-bond acceptors (Lipinski definition) is 3. The lowest BCUT2D eigenvalue weighted by Crippen LogP contribution is -1.97. The molecule has 1 heterocycles. The summed E-state index contributed by atoms with van der Waals surface area (Å²) < 4.78 is 18.5. The molecule has 0 aliphatic rings. The van der Waals surface area contributed by atoms with E-state index in [1.165, 1.54) is 12.1 Å². The van der Waals surface area contributed by atoms with Crippen LogP contribution in [-0.2, 0) is 0 Å². The summed E-state index contributed by atoms with van der Waals surface area (Å²) in [5.41, 5.74) is 1.83. The highest BCUT2D eigenvalue weighted by Crippen LogP contribution is 2.31. The molecule has 0 spiro atoms. The molecule has 0 amide bonds. The van der Waals surface area contributed by atoms with E-state index in [-0.39, 0.29) is 16.7 Å². The second kappa shape index (κ2) is 5.25. The fourth-order valence-corrected chi connectivity index (χ4v) is 1.88. The predicted octanol–water partition coefficient (Wildman–Crippen LogP) is 4.15. The normalized spacial score (nSPS) is 10.1. The van der Waals surface area contributed by atoms with Gasteiger partial charge in [0, 0.05) is 5.69 Å². The Bertz CT molecular complexity index is 680. The van der Waals surface area contributed by atoms with Crippen molar-refractivity contribution in [3.8, 4) is 17.7 Å². The standard InChI is InChI=1S/C14H10ClFN2O/c1-8-5-9(2)18-14(11(8)7-17)19-13-4-3-10(16)6-12(13)15/h3-6H,1-2H3. The van der Waals surface area contributed by atoms with Crippen LogP contribution >= 0.6 is 11.6 Å². The van der Waals surface area contributed by atoms with E-state index in [4.69, 9.17) is 21.6 Å².